The number of hydrogen-bond acceptors (Lipinski definition) is 5. The van der Waals surface area contributed by atoms with Crippen molar-refractivity contribution in [3.63, 3.8) is 0 Å². The largest absolute Gasteiger partial charge is 0.497 e. The van der Waals surface area contributed by atoms with Gasteiger partial charge in [-0.3, -0.25) is 9.79 Å². The van der Waals surface area contributed by atoms with Crippen LogP contribution in [0.4, 0.5) is 5.82 Å². The summed E-state index contributed by atoms with van der Waals surface area (Å²) in [6.07, 6.45) is 2.02. The molecule has 0 saturated carbocycles. The lowest BCUT2D eigenvalue weighted by atomic mass is 10.2. The number of carbonyl (C=O) groups is 1. The van der Waals surface area contributed by atoms with E-state index in [1.807, 2.05) is 43.1 Å². The molecule has 2 N–H and O–H groups in total. The molecule has 29 heavy (non-hydrogen) atoms. The van der Waals surface area contributed by atoms with Gasteiger partial charge in [-0.05, 0) is 30.7 Å². The minimum atomic E-state index is -0.108. The fourth-order valence-corrected chi connectivity index (χ4v) is 2.73. The number of aromatic nitrogens is 1. The molecule has 0 atom stereocenters. The van der Waals surface area contributed by atoms with E-state index in [1.54, 1.807) is 33.5 Å². The van der Waals surface area contributed by atoms with E-state index in [2.05, 4.69) is 20.6 Å². The second-order valence-corrected chi connectivity index (χ2v) is 6.53. The van der Waals surface area contributed by atoms with E-state index in [0.29, 0.717) is 31.3 Å². The number of guanidine groups is 1. The van der Waals surface area contributed by atoms with Crippen molar-refractivity contribution in [1.29, 1.82) is 0 Å². The van der Waals surface area contributed by atoms with Crippen molar-refractivity contribution in [1.82, 2.24) is 15.2 Å². The van der Waals surface area contributed by atoms with E-state index < -0.39 is 0 Å². The molecule has 0 saturated heterocycles. The van der Waals surface area contributed by atoms with Crippen LogP contribution in [-0.2, 0) is 11.3 Å². The third-order valence-electron chi connectivity index (χ3n) is 4.29. The molecule has 0 unspecified atom stereocenters. The predicted octanol–water partition coefficient (Wildman–Crippen LogP) is 2.44. The molecule has 8 nitrogen and oxygen atoms in total. The Morgan fingerprint density at radius 2 is 2.00 bits per heavy atom. The van der Waals surface area contributed by atoms with Crippen LogP contribution in [0.5, 0.6) is 11.5 Å². The molecule has 0 aliphatic carbocycles. The summed E-state index contributed by atoms with van der Waals surface area (Å²) in [5.74, 6) is 2.61. The Hall–Kier alpha value is -3.29. The number of aryl methyl sites for hydroxylation is 1. The lowest BCUT2D eigenvalue weighted by molar-refractivity contribution is -0.116. The maximum absolute atomic E-state index is 12.1. The van der Waals surface area contributed by atoms with Gasteiger partial charge in [0.25, 0.3) is 0 Å². The fraction of sp³-hybridized carbons (Fsp3) is 0.381. The van der Waals surface area contributed by atoms with Crippen molar-refractivity contribution >= 4 is 17.7 Å². The number of rotatable bonds is 8. The van der Waals surface area contributed by atoms with Gasteiger partial charge in [-0.2, -0.15) is 0 Å². The van der Waals surface area contributed by atoms with Crippen LogP contribution in [0.1, 0.15) is 17.5 Å². The maximum atomic E-state index is 12.1. The molecule has 2 aromatic rings. The number of aliphatic imine (C=N–C) groups is 1. The zero-order valence-electron chi connectivity index (χ0n) is 17.7. The number of hydrogen-bond donors (Lipinski definition) is 2. The molecule has 8 heteroatoms. The van der Waals surface area contributed by atoms with Crippen LogP contribution < -0.4 is 20.1 Å². The number of amides is 1. The standard InChI is InChI=1S/C21H29N5O3/c1-15-6-9-19(24-13-15)25-20(27)10-11-23-21(22-2)26(3)14-16-7-8-17(28-4)12-18(16)29-5/h6-9,12-13H,10-11,14H2,1-5H3,(H,22,23)(H,24,25,27). The molecular formula is C21H29N5O3. The van der Waals surface area contributed by atoms with Crippen LogP contribution in [0.3, 0.4) is 0 Å². The van der Waals surface area contributed by atoms with Crippen LogP contribution in [-0.4, -0.2) is 56.6 Å². The molecule has 0 aliphatic heterocycles. The maximum Gasteiger partial charge on any atom is 0.227 e. The second-order valence-electron chi connectivity index (χ2n) is 6.53. The van der Waals surface area contributed by atoms with Crippen molar-refractivity contribution in [2.24, 2.45) is 4.99 Å². The van der Waals surface area contributed by atoms with E-state index >= 15 is 0 Å². The molecule has 0 bridgehead atoms. The SMILES string of the molecule is CN=C(NCCC(=O)Nc1ccc(C)cn1)N(C)Cc1ccc(OC)cc1OC. The fourth-order valence-electron chi connectivity index (χ4n) is 2.73. The number of carbonyl (C=O) groups excluding carboxylic acids is 1. The van der Waals surface area contributed by atoms with Crippen molar-refractivity contribution < 1.29 is 14.3 Å². The average Bonchev–Trinajstić information content (AvgIpc) is 2.73. The number of nitrogens with zero attached hydrogens (tertiary/aromatic N) is 3. The minimum absolute atomic E-state index is 0.108. The van der Waals surface area contributed by atoms with Gasteiger partial charge in [0.1, 0.15) is 17.3 Å². The highest BCUT2D eigenvalue weighted by atomic mass is 16.5. The van der Waals surface area contributed by atoms with Crippen LogP contribution in [0, 0.1) is 6.92 Å². The van der Waals surface area contributed by atoms with Gasteiger partial charge in [-0.25, -0.2) is 4.98 Å². The molecule has 1 aromatic heterocycles. The van der Waals surface area contributed by atoms with Crippen LogP contribution in [0.15, 0.2) is 41.5 Å². The van der Waals surface area contributed by atoms with Gasteiger partial charge in [0.05, 0.1) is 14.2 Å². The summed E-state index contributed by atoms with van der Waals surface area (Å²) in [6.45, 7) is 2.99. The van der Waals surface area contributed by atoms with Gasteiger partial charge in [0.2, 0.25) is 5.91 Å². The Kier molecular flexibility index (Phi) is 8.27. The van der Waals surface area contributed by atoms with Gasteiger partial charge in [-0.1, -0.05) is 6.07 Å². The summed E-state index contributed by atoms with van der Waals surface area (Å²) in [5, 5.41) is 5.99. The molecule has 0 spiro atoms. The van der Waals surface area contributed by atoms with E-state index in [0.717, 1.165) is 22.6 Å². The Morgan fingerprint density at radius 3 is 2.62 bits per heavy atom. The van der Waals surface area contributed by atoms with Gasteiger partial charge >= 0.3 is 0 Å². The Morgan fingerprint density at radius 1 is 1.21 bits per heavy atom. The van der Waals surface area contributed by atoms with Gasteiger partial charge in [0.15, 0.2) is 5.96 Å². The highest BCUT2D eigenvalue weighted by molar-refractivity contribution is 5.90. The van der Waals surface area contributed by atoms with E-state index in [-0.39, 0.29) is 5.91 Å². The third kappa shape index (κ3) is 6.67. The first-order valence-electron chi connectivity index (χ1n) is 9.32. The Bertz CT molecular complexity index is 837. The first-order valence-corrected chi connectivity index (χ1v) is 9.32. The quantitative estimate of drug-likeness (QED) is 0.524. The highest BCUT2D eigenvalue weighted by Gasteiger charge is 2.12. The van der Waals surface area contributed by atoms with Crippen molar-refractivity contribution in [2.45, 2.75) is 19.9 Å². The van der Waals surface area contributed by atoms with Crippen LogP contribution >= 0.6 is 0 Å². The summed E-state index contributed by atoms with van der Waals surface area (Å²) in [7, 11) is 6.89. The zero-order chi connectivity index (χ0) is 21.2. The van der Waals surface area contributed by atoms with Gasteiger partial charge in [0, 0.05) is 51.4 Å². The van der Waals surface area contributed by atoms with Gasteiger partial charge in [-0.15, -0.1) is 0 Å². The molecule has 1 heterocycles. The van der Waals surface area contributed by atoms with Gasteiger partial charge < -0.3 is 25.0 Å². The van der Waals surface area contributed by atoms with Crippen LogP contribution in [0.2, 0.25) is 0 Å². The summed E-state index contributed by atoms with van der Waals surface area (Å²) in [4.78, 5) is 22.5. The monoisotopic (exact) mass is 399 g/mol. The number of benzene rings is 1. The summed E-state index contributed by atoms with van der Waals surface area (Å²) in [6, 6.07) is 9.40. The molecule has 0 fully saturated rings. The van der Waals surface area contributed by atoms with Crippen molar-refractivity contribution in [3.8, 4) is 11.5 Å². The molecule has 156 valence electrons. The zero-order valence-corrected chi connectivity index (χ0v) is 17.7. The lowest BCUT2D eigenvalue weighted by Gasteiger charge is -2.23. The number of pyridine rings is 1. The van der Waals surface area contributed by atoms with E-state index in [4.69, 9.17) is 9.47 Å². The molecule has 0 radical (unpaired) electrons. The Balaban J connectivity index is 1.86. The molecule has 0 aliphatic rings. The minimum Gasteiger partial charge on any atom is -0.497 e. The number of methoxy groups -OCH3 is 2. The second kappa shape index (κ2) is 10.9. The van der Waals surface area contributed by atoms with Crippen molar-refractivity contribution in [3.05, 3.63) is 47.7 Å². The lowest BCUT2D eigenvalue weighted by Crippen LogP contribution is -2.39. The topological polar surface area (TPSA) is 88.1 Å². The molecular weight excluding hydrogens is 370 g/mol. The van der Waals surface area contributed by atoms with E-state index in [1.165, 1.54) is 0 Å². The van der Waals surface area contributed by atoms with Crippen molar-refractivity contribution in [2.75, 3.05) is 40.2 Å². The Labute approximate surface area is 172 Å². The highest BCUT2D eigenvalue weighted by Crippen LogP contribution is 2.25. The first kappa shape index (κ1) is 22.0. The average molecular weight is 399 g/mol. The molecule has 2 rings (SSSR count). The number of nitrogens with one attached hydrogen (secondary N) is 2. The third-order valence-corrected chi connectivity index (χ3v) is 4.29. The number of ether oxygens (including phenoxy) is 2. The first-order chi connectivity index (χ1) is 14.0. The molecule has 1 amide bonds. The summed E-state index contributed by atoms with van der Waals surface area (Å²) >= 11 is 0. The summed E-state index contributed by atoms with van der Waals surface area (Å²) < 4.78 is 10.7. The smallest absolute Gasteiger partial charge is 0.227 e. The molecule has 1 aromatic carbocycles. The van der Waals surface area contributed by atoms with Crippen LogP contribution in [0.25, 0.3) is 0 Å². The van der Waals surface area contributed by atoms with E-state index in [9.17, 15) is 4.79 Å². The normalized spacial score (nSPS) is 11.0. The predicted molar refractivity (Wildman–Crippen MR) is 115 cm³/mol. The number of anilines is 1. The summed E-state index contributed by atoms with van der Waals surface area (Å²) in [5.41, 5.74) is 2.05.